The third-order valence-corrected chi connectivity index (χ3v) is 4.27. The predicted octanol–water partition coefficient (Wildman–Crippen LogP) is 3.75. The lowest BCUT2D eigenvalue weighted by Crippen LogP contribution is -2.27. The Morgan fingerprint density at radius 3 is 2.88 bits per heavy atom. The SMILES string of the molecule is Cc1nc2ccccc2n1CCNC(=O)CCc1cccc(Cl)c1. The first kappa shape index (κ1) is 16.5. The molecule has 124 valence electrons. The number of benzene rings is 2. The highest BCUT2D eigenvalue weighted by molar-refractivity contribution is 6.30. The molecule has 0 unspecified atom stereocenters. The fourth-order valence-corrected chi connectivity index (χ4v) is 3.04. The quantitative estimate of drug-likeness (QED) is 0.742. The van der Waals surface area contributed by atoms with Gasteiger partial charge in [-0.1, -0.05) is 35.9 Å². The van der Waals surface area contributed by atoms with Crippen LogP contribution < -0.4 is 5.32 Å². The first-order valence-corrected chi connectivity index (χ1v) is 8.44. The number of hydrogen-bond donors (Lipinski definition) is 1. The minimum absolute atomic E-state index is 0.0528. The van der Waals surface area contributed by atoms with Gasteiger partial charge in [0.2, 0.25) is 5.91 Å². The maximum atomic E-state index is 12.0. The van der Waals surface area contributed by atoms with Crippen molar-refractivity contribution in [2.24, 2.45) is 0 Å². The summed E-state index contributed by atoms with van der Waals surface area (Å²) in [5.74, 6) is 1.02. The van der Waals surface area contributed by atoms with Gasteiger partial charge in [-0.3, -0.25) is 4.79 Å². The van der Waals surface area contributed by atoms with Crippen molar-refractivity contribution in [3.05, 3.63) is 64.9 Å². The smallest absolute Gasteiger partial charge is 0.220 e. The van der Waals surface area contributed by atoms with Gasteiger partial charge in [0.25, 0.3) is 0 Å². The lowest BCUT2D eigenvalue weighted by atomic mass is 10.1. The van der Waals surface area contributed by atoms with Gasteiger partial charge < -0.3 is 9.88 Å². The molecular weight excluding hydrogens is 322 g/mol. The molecule has 0 radical (unpaired) electrons. The van der Waals surface area contributed by atoms with Crippen LogP contribution in [-0.4, -0.2) is 22.0 Å². The van der Waals surface area contributed by atoms with Crippen molar-refractivity contribution in [1.29, 1.82) is 0 Å². The summed E-state index contributed by atoms with van der Waals surface area (Å²) in [5.41, 5.74) is 3.17. The monoisotopic (exact) mass is 341 g/mol. The van der Waals surface area contributed by atoms with Crippen LogP contribution in [0.3, 0.4) is 0 Å². The highest BCUT2D eigenvalue weighted by Gasteiger charge is 2.07. The Labute approximate surface area is 146 Å². The minimum atomic E-state index is 0.0528. The van der Waals surface area contributed by atoms with Gasteiger partial charge in [0.15, 0.2) is 0 Å². The fraction of sp³-hybridized carbons (Fsp3) is 0.263. The van der Waals surface area contributed by atoms with Crippen molar-refractivity contribution in [2.75, 3.05) is 6.54 Å². The van der Waals surface area contributed by atoms with Crippen molar-refractivity contribution in [3.63, 3.8) is 0 Å². The zero-order chi connectivity index (χ0) is 16.9. The topological polar surface area (TPSA) is 46.9 Å². The zero-order valence-corrected chi connectivity index (χ0v) is 14.4. The van der Waals surface area contributed by atoms with Crippen molar-refractivity contribution < 1.29 is 4.79 Å². The normalized spacial score (nSPS) is 10.9. The number of carbonyl (C=O) groups is 1. The van der Waals surface area contributed by atoms with Gasteiger partial charge in [-0.15, -0.1) is 0 Å². The van der Waals surface area contributed by atoms with Crippen LogP contribution in [0.5, 0.6) is 0 Å². The van der Waals surface area contributed by atoms with Crippen LogP contribution >= 0.6 is 11.6 Å². The van der Waals surface area contributed by atoms with E-state index in [0.717, 1.165) is 29.0 Å². The number of hydrogen-bond acceptors (Lipinski definition) is 2. The van der Waals surface area contributed by atoms with E-state index in [4.69, 9.17) is 11.6 Å². The van der Waals surface area contributed by atoms with E-state index in [0.29, 0.717) is 24.4 Å². The number of fused-ring (bicyclic) bond motifs is 1. The highest BCUT2D eigenvalue weighted by Crippen LogP contribution is 2.15. The Bertz CT molecular complexity index is 857. The van der Waals surface area contributed by atoms with Gasteiger partial charge in [0, 0.05) is 24.5 Å². The van der Waals surface area contributed by atoms with Crippen LogP contribution in [0.2, 0.25) is 5.02 Å². The third kappa shape index (κ3) is 3.95. The minimum Gasteiger partial charge on any atom is -0.354 e. The largest absolute Gasteiger partial charge is 0.354 e. The Kier molecular flexibility index (Phi) is 5.16. The number of imidazole rings is 1. The Morgan fingerprint density at radius 2 is 2.04 bits per heavy atom. The zero-order valence-electron chi connectivity index (χ0n) is 13.6. The van der Waals surface area contributed by atoms with E-state index in [-0.39, 0.29) is 5.91 Å². The number of nitrogens with one attached hydrogen (secondary N) is 1. The van der Waals surface area contributed by atoms with Crippen LogP contribution in [0.1, 0.15) is 17.8 Å². The summed E-state index contributed by atoms with van der Waals surface area (Å²) in [6.45, 7) is 3.30. The lowest BCUT2D eigenvalue weighted by Gasteiger charge is -2.09. The number of rotatable bonds is 6. The molecule has 3 rings (SSSR count). The van der Waals surface area contributed by atoms with Crippen LogP contribution in [-0.2, 0) is 17.8 Å². The van der Waals surface area contributed by atoms with Crippen LogP contribution in [0.4, 0.5) is 0 Å². The first-order valence-electron chi connectivity index (χ1n) is 8.06. The summed E-state index contributed by atoms with van der Waals surface area (Å²) in [4.78, 5) is 16.5. The molecule has 1 aromatic heterocycles. The number of para-hydroxylation sites is 2. The molecule has 2 aromatic carbocycles. The van der Waals surface area contributed by atoms with E-state index >= 15 is 0 Å². The summed E-state index contributed by atoms with van der Waals surface area (Å²) in [6.07, 6.45) is 1.16. The number of aromatic nitrogens is 2. The number of halogens is 1. The Morgan fingerprint density at radius 1 is 1.21 bits per heavy atom. The maximum absolute atomic E-state index is 12.0. The molecule has 0 saturated heterocycles. The molecule has 0 aliphatic carbocycles. The number of amides is 1. The summed E-state index contributed by atoms with van der Waals surface area (Å²) in [7, 11) is 0. The number of nitrogens with zero attached hydrogens (tertiary/aromatic N) is 2. The van der Waals surface area contributed by atoms with E-state index in [2.05, 4.69) is 20.9 Å². The molecule has 1 N–H and O–H groups in total. The van der Waals surface area contributed by atoms with E-state index in [1.54, 1.807) is 0 Å². The van der Waals surface area contributed by atoms with Crippen molar-refractivity contribution in [2.45, 2.75) is 26.3 Å². The Hall–Kier alpha value is -2.33. The molecule has 0 saturated carbocycles. The van der Waals surface area contributed by atoms with Crippen LogP contribution in [0.15, 0.2) is 48.5 Å². The van der Waals surface area contributed by atoms with E-state index in [9.17, 15) is 4.79 Å². The summed E-state index contributed by atoms with van der Waals surface area (Å²) in [5, 5.41) is 3.68. The van der Waals surface area contributed by atoms with Gasteiger partial charge in [-0.25, -0.2) is 4.98 Å². The summed E-state index contributed by atoms with van der Waals surface area (Å²) >= 11 is 5.95. The molecule has 0 bridgehead atoms. The third-order valence-electron chi connectivity index (χ3n) is 4.03. The molecule has 1 amide bonds. The van der Waals surface area contributed by atoms with E-state index < -0.39 is 0 Å². The van der Waals surface area contributed by atoms with E-state index in [1.165, 1.54) is 0 Å². The second-order valence-corrected chi connectivity index (χ2v) is 6.22. The predicted molar refractivity (Wildman–Crippen MR) is 97.3 cm³/mol. The molecular formula is C19H20ClN3O. The van der Waals surface area contributed by atoms with Gasteiger partial charge in [0.1, 0.15) is 5.82 Å². The van der Waals surface area contributed by atoms with Gasteiger partial charge in [-0.2, -0.15) is 0 Å². The molecule has 0 fully saturated rings. The molecule has 0 aliphatic rings. The van der Waals surface area contributed by atoms with E-state index in [1.807, 2.05) is 49.4 Å². The molecule has 4 nitrogen and oxygen atoms in total. The number of aryl methyl sites for hydroxylation is 2. The second-order valence-electron chi connectivity index (χ2n) is 5.78. The van der Waals surface area contributed by atoms with Gasteiger partial charge in [-0.05, 0) is 43.2 Å². The molecule has 5 heteroatoms. The van der Waals surface area contributed by atoms with Crippen LogP contribution in [0.25, 0.3) is 11.0 Å². The highest BCUT2D eigenvalue weighted by atomic mass is 35.5. The molecule has 24 heavy (non-hydrogen) atoms. The van der Waals surface area contributed by atoms with Crippen molar-refractivity contribution in [1.82, 2.24) is 14.9 Å². The molecule has 0 spiro atoms. The average Bonchev–Trinajstić information content (AvgIpc) is 2.89. The fourth-order valence-electron chi connectivity index (χ4n) is 2.82. The molecule has 0 aliphatic heterocycles. The summed E-state index contributed by atoms with van der Waals surface area (Å²) < 4.78 is 2.13. The molecule has 1 heterocycles. The van der Waals surface area contributed by atoms with Crippen LogP contribution in [0, 0.1) is 6.92 Å². The number of carbonyl (C=O) groups excluding carboxylic acids is 1. The van der Waals surface area contributed by atoms with Gasteiger partial charge >= 0.3 is 0 Å². The maximum Gasteiger partial charge on any atom is 0.220 e. The summed E-state index contributed by atoms with van der Waals surface area (Å²) in [6, 6.07) is 15.7. The first-order chi connectivity index (χ1) is 11.6. The van der Waals surface area contributed by atoms with Crippen molar-refractivity contribution in [3.8, 4) is 0 Å². The standard InChI is InChI=1S/C19H20ClN3O/c1-14-22-17-7-2-3-8-18(17)23(14)12-11-21-19(24)10-9-15-5-4-6-16(20)13-15/h2-8,13H,9-12H2,1H3,(H,21,24). The lowest BCUT2D eigenvalue weighted by molar-refractivity contribution is -0.121. The Balaban J connectivity index is 1.50. The molecule has 0 atom stereocenters. The van der Waals surface area contributed by atoms with Gasteiger partial charge in [0.05, 0.1) is 11.0 Å². The average molecular weight is 342 g/mol. The van der Waals surface area contributed by atoms with Crippen molar-refractivity contribution >= 4 is 28.5 Å². The molecule has 3 aromatic rings. The second kappa shape index (κ2) is 7.49.